The van der Waals surface area contributed by atoms with E-state index in [1.165, 1.54) is 12.1 Å². The molecule has 1 saturated heterocycles. The van der Waals surface area contributed by atoms with Crippen LogP contribution in [-0.2, 0) is 9.53 Å². The molecule has 0 spiro atoms. The molecule has 0 N–H and O–H groups in total. The van der Waals surface area contributed by atoms with Gasteiger partial charge >= 0.3 is 5.97 Å². The zero-order valence-electron chi connectivity index (χ0n) is 18.1. The molecular formula is C24H25FN4O3. The molecule has 1 aliphatic heterocycles. The first-order valence-electron chi connectivity index (χ1n) is 10.6. The fraction of sp³-hybridized carbons (Fsp3) is 0.292. The number of nitrogens with zero attached hydrogens (tertiary/aromatic N) is 4. The van der Waals surface area contributed by atoms with E-state index in [9.17, 15) is 14.0 Å². The van der Waals surface area contributed by atoms with Gasteiger partial charge in [-0.25, -0.2) is 13.9 Å². The van der Waals surface area contributed by atoms with E-state index in [0.29, 0.717) is 24.5 Å². The number of carbonyl (C=O) groups excluding carboxylic acids is 2. The van der Waals surface area contributed by atoms with Gasteiger partial charge in [0.2, 0.25) is 5.91 Å². The normalized spacial score (nSPS) is 13.8. The number of benzene rings is 2. The monoisotopic (exact) mass is 436 g/mol. The van der Waals surface area contributed by atoms with Gasteiger partial charge in [-0.1, -0.05) is 12.1 Å². The Morgan fingerprint density at radius 1 is 0.969 bits per heavy atom. The molecule has 32 heavy (non-hydrogen) atoms. The highest BCUT2D eigenvalue weighted by Crippen LogP contribution is 2.27. The topological polar surface area (TPSA) is 67.7 Å². The van der Waals surface area contributed by atoms with Gasteiger partial charge in [0.15, 0.2) is 5.69 Å². The van der Waals surface area contributed by atoms with E-state index >= 15 is 0 Å². The molecule has 0 aliphatic carbocycles. The SMILES string of the molecule is CCOC(=O)c1cc(-c2ccc(N3CCN(C(C)=O)CC3)cc2)n(-c2ccc(F)cc2)n1. The summed E-state index contributed by atoms with van der Waals surface area (Å²) in [5.74, 6) is -0.747. The number of rotatable bonds is 5. The van der Waals surface area contributed by atoms with Crippen molar-refractivity contribution in [3.8, 4) is 16.9 Å². The average molecular weight is 436 g/mol. The van der Waals surface area contributed by atoms with E-state index in [2.05, 4.69) is 10.00 Å². The smallest absolute Gasteiger partial charge is 0.358 e. The Hall–Kier alpha value is -3.68. The zero-order chi connectivity index (χ0) is 22.7. The minimum atomic E-state index is -0.505. The van der Waals surface area contributed by atoms with Crippen molar-refractivity contribution in [3.63, 3.8) is 0 Å². The molecule has 1 aliphatic rings. The van der Waals surface area contributed by atoms with Crippen LogP contribution in [0.3, 0.4) is 0 Å². The van der Waals surface area contributed by atoms with Crippen molar-refractivity contribution >= 4 is 17.6 Å². The van der Waals surface area contributed by atoms with E-state index in [-0.39, 0.29) is 24.0 Å². The Labute approximate surface area is 186 Å². The largest absolute Gasteiger partial charge is 0.461 e. The summed E-state index contributed by atoms with van der Waals surface area (Å²) in [5.41, 5.74) is 3.46. The van der Waals surface area contributed by atoms with E-state index < -0.39 is 5.97 Å². The maximum absolute atomic E-state index is 13.4. The number of anilines is 1. The fourth-order valence-electron chi connectivity index (χ4n) is 3.79. The molecule has 1 aromatic heterocycles. The molecule has 8 heteroatoms. The van der Waals surface area contributed by atoms with Gasteiger partial charge in [0.1, 0.15) is 5.82 Å². The molecule has 4 rings (SSSR count). The second kappa shape index (κ2) is 9.21. The molecular weight excluding hydrogens is 411 g/mol. The minimum absolute atomic E-state index is 0.103. The number of hydrogen-bond donors (Lipinski definition) is 0. The van der Waals surface area contributed by atoms with Crippen molar-refractivity contribution in [1.29, 1.82) is 0 Å². The summed E-state index contributed by atoms with van der Waals surface area (Å²) in [6.07, 6.45) is 0. The van der Waals surface area contributed by atoms with Crippen molar-refractivity contribution in [2.75, 3.05) is 37.7 Å². The molecule has 0 saturated carbocycles. The van der Waals surface area contributed by atoms with Gasteiger partial charge in [0.05, 0.1) is 18.0 Å². The third-order valence-corrected chi connectivity index (χ3v) is 5.52. The summed E-state index contributed by atoms with van der Waals surface area (Å²) in [5, 5.41) is 4.41. The van der Waals surface area contributed by atoms with Crippen LogP contribution in [0.2, 0.25) is 0 Å². The van der Waals surface area contributed by atoms with Crippen LogP contribution >= 0.6 is 0 Å². The van der Waals surface area contributed by atoms with Crippen LogP contribution in [0, 0.1) is 5.82 Å². The third kappa shape index (κ3) is 4.49. The van der Waals surface area contributed by atoms with E-state index in [1.807, 2.05) is 29.2 Å². The lowest BCUT2D eigenvalue weighted by Crippen LogP contribution is -2.48. The summed E-state index contributed by atoms with van der Waals surface area (Å²) in [4.78, 5) is 27.9. The summed E-state index contributed by atoms with van der Waals surface area (Å²) in [6.45, 7) is 6.56. The lowest BCUT2D eigenvalue weighted by molar-refractivity contribution is -0.129. The van der Waals surface area contributed by atoms with Gasteiger partial charge in [-0.3, -0.25) is 4.79 Å². The van der Waals surface area contributed by atoms with Gasteiger partial charge in [-0.05, 0) is 49.4 Å². The Balaban J connectivity index is 1.63. The molecule has 0 atom stereocenters. The second-order valence-corrected chi connectivity index (χ2v) is 7.56. The number of carbonyl (C=O) groups is 2. The highest BCUT2D eigenvalue weighted by atomic mass is 19.1. The fourth-order valence-corrected chi connectivity index (χ4v) is 3.79. The number of esters is 1. The molecule has 7 nitrogen and oxygen atoms in total. The van der Waals surface area contributed by atoms with Crippen molar-refractivity contribution in [2.45, 2.75) is 13.8 Å². The first-order chi connectivity index (χ1) is 15.5. The molecule has 0 radical (unpaired) electrons. The van der Waals surface area contributed by atoms with Crippen molar-refractivity contribution in [3.05, 3.63) is 66.1 Å². The highest BCUT2D eigenvalue weighted by molar-refractivity contribution is 5.89. The number of halogens is 1. The Bertz CT molecular complexity index is 1100. The zero-order valence-corrected chi connectivity index (χ0v) is 18.1. The van der Waals surface area contributed by atoms with Crippen LogP contribution in [0.5, 0.6) is 0 Å². The van der Waals surface area contributed by atoms with E-state index in [4.69, 9.17) is 4.74 Å². The van der Waals surface area contributed by atoms with Gasteiger partial charge in [-0.15, -0.1) is 0 Å². The first-order valence-corrected chi connectivity index (χ1v) is 10.6. The summed E-state index contributed by atoms with van der Waals surface area (Å²) < 4.78 is 20.1. The first kappa shape index (κ1) is 21.5. The van der Waals surface area contributed by atoms with Crippen LogP contribution in [0.4, 0.5) is 10.1 Å². The summed E-state index contributed by atoms with van der Waals surface area (Å²) in [7, 11) is 0. The number of amides is 1. The molecule has 2 aromatic carbocycles. The van der Waals surface area contributed by atoms with E-state index in [0.717, 1.165) is 24.3 Å². The molecule has 3 aromatic rings. The van der Waals surface area contributed by atoms with Crippen LogP contribution in [0.25, 0.3) is 16.9 Å². The predicted octanol–water partition coefficient (Wildman–Crippen LogP) is 3.52. The molecule has 0 unspecified atom stereocenters. The second-order valence-electron chi connectivity index (χ2n) is 7.56. The number of ether oxygens (including phenoxy) is 1. The lowest BCUT2D eigenvalue weighted by Gasteiger charge is -2.35. The molecule has 166 valence electrons. The minimum Gasteiger partial charge on any atom is -0.461 e. The maximum atomic E-state index is 13.4. The van der Waals surface area contributed by atoms with Crippen molar-refractivity contribution < 1.29 is 18.7 Å². The van der Waals surface area contributed by atoms with Crippen LogP contribution in [-0.4, -0.2) is 59.3 Å². The maximum Gasteiger partial charge on any atom is 0.358 e. The van der Waals surface area contributed by atoms with Crippen LogP contribution in [0.1, 0.15) is 24.3 Å². The highest BCUT2D eigenvalue weighted by Gasteiger charge is 2.20. The quantitative estimate of drug-likeness (QED) is 0.573. The van der Waals surface area contributed by atoms with Gasteiger partial charge in [0.25, 0.3) is 0 Å². The van der Waals surface area contributed by atoms with Crippen molar-refractivity contribution in [2.24, 2.45) is 0 Å². The predicted molar refractivity (Wildman–Crippen MR) is 119 cm³/mol. The molecule has 1 amide bonds. The lowest BCUT2D eigenvalue weighted by atomic mass is 10.1. The van der Waals surface area contributed by atoms with Crippen molar-refractivity contribution in [1.82, 2.24) is 14.7 Å². The summed E-state index contributed by atoms with van der Waals surface area (Å²) in [6, 6.07) is 15.6. The molecule has 2 heterocycles. The summed E-state index contributed by atoms with van der Waals surface area (Å²) >= 11 is 0. The van der Waals surface area contributed by atoms with Gasteiger partial charge in [-0.2, -0.15) is 5.10 Å². The Morgan fingerprint density at radius 3 is 2.19 bits per heavy atom. The number of aromatic nitrogens is 2. The third-order valence-electron chi connectivity index (χ3n) is 5.52. The number of hydrogen-bond acceptors (Lipinski definition) is 5. The Kier molecular flexibility index (Phi) is 6.20. The van der Waals surface area contributed by atoms with Crippen LogP contribution in [0.15, 0.2) is 54.6 Å². The molecule has 1 fully saturated rings. The Morgan fingerprint density at radius 2 is 1.59 bits per heavy atom. The van der Waals surface area contributed by atoms with Gasteiger partial charge < -0.3 is 14.5 Å². The average Bonchev–Trinajstić information content (AvgIpc) is 3.25. The number of piperazine rings is 1. The standard InChI is InChI=1S/C24H25FN4O3/c1-3-32-24(31)22-16-23(29(26-22)21-10-6-19(25)7-11-21)18-4-8-20(9-5-18)28-14-12-27(13-15-28)17(2)30/h4-11,16H,3,12-15H2,1-2H3. The van der Waals surface area contributed by atoms with Crippen LogP contribution < -0.4 is 4.90 Å². The van der Waals surface area contributed by atoms with E-state index in [1.54, 1.807) is 36.7 Å². The van der Waals surface area contributed by atoms with Gasteiger partial charge in [0, 0.05) is 44.4 Å². The molecule has 0 bridgehead atoms.